The smallest absolute Gasteiger partial charge is 0.263 e. The van der Waals surface area contributed by atoms with E-state index in [0.717, 1.165) is 44.2 Å². The zero-order valence-corrected chi connectivity index (χ0v) is 17.6. The fourth-order valence-corrected chi connectivity index (χ4v) is 5.33. The molecule has 2 saturated carbocycles. The third-order valence-electron chi connectivity index (χ3n) is 7.22. The molecule has 3 amide bonds. The van der Waals surface area contributed by atoms with E-state index in [2.05, 4.69) is 4.90 Å². The molecular formula is C24H31N3O3. The molecule has 0 spiro atoms. The number of hydrogen-bond donors (Lipinski definition) is 0. The van der Waals surface area contributed by atoms with Crippen LogP contribution in [0.25, 0.3) is 0 Å². The lowest BCUT2D eigenvalue weighted by atomic mass is 9.95. The van der Waals surface area contributed by atoms with E-state index in [-0.39, 0.29) is 29.7 Å². The number of rotatable bonds is 3. The maximum Gasteiger partial charge on any atom is 0.263 e. The summed E-state index contributed by atoms with van der Waals surface area (Å²) in [7, 11) is 0. The van der Waals surface area contributed by atoms with Gasteiger partial charge in [0.2, 0.25) is 5.91 Å². The monoisotopic (exact) mass is 409 g/mol. The van der Waals surface area contributed by atoms with Crippen molar-refractivity contribution in [2.24, 2.45) is 5.92 Å². The average Bonchev–Trinajstić information content (AvgIpc) is 3.56. The molecule has 0 aromatic heterocycles. The number of piperazine rings is 1. The summed E-state index contributed by atoms with van der Waals surface area (Å²) in [5.41, 5.74) is 1.99. The van der Waals surface area contributed by atoms with E-state index in [1.54, 1.807) is 11.0 Å². The Bertz CT molecular complexity index is 847. The molecule has 1 aromatic carbocycles. The third kappa shape index (κ3) is 3.50. The van der Waals surface area contributed by atoms with E-state index >= 15 is 0 Å². The minimum absolute atomic E-state index is 0.0264. The zero-order chi connectivity index (χ0) is 20.7. The van der Waals surface area contributed by atoms with Crippen LogP contribution >= 0.6 is 0 Å². The minimum atomic E-state index is -0.120. The van der Waals surface area contributed by atoms with Crippen molar-refractivity contribution in [1.29, 1.82) is 0 Å². The number of fused-ring (bicyclic) bond motifs is 1. The van der Waals surface area contributed by atoms with Crippen LogP contribution in [-0.2, 0) is 4.79 Å². The van der Waals surface area contributed by atoms with Gasteiger partial charge < -0.3 is 9.80 Å². The molecule has 0 bridgehead atoms. The molecule has 0 unspecified atom stereocenters. The predicted octanol–water partition coefficient (Wildman–Crippen LogP) is 3.45. The highest BCUT2D eigenvalue weighted by Gasteiger charge is 2.42. The molecule has 1 saturated heterocycles. The van der Waals surface area contributed by atoms with Crippen LogP contribution in [0.1, 0.15) is 78.5 Å². The molecule has 160 valence electrons. The predicted molar refractivity (Wildman–Crippen MR) is 115 cm³/mol. The Labute approximate surface area is 178 Å². The summed E-state index contributed by atoms with van der Waals surface area (Å²) >= 11 is 0. The summed E-state index contributed by atoms with van der Waals surface area (Å²) in [4.78, 5) is 44.7. The molecule has 6 heteroatoms. The summed E-state index contributed by atoms with van der Waals surface area (Å²) in [6.07, 6.45) is 9.70. The molecular weight excluding hydrogens is 378 g/mol. The maximum absolute atomic E-state index is 13.5. The van der Waals surface area contributed by atoms with Crippen molar-refractivity contribution in [3.8, 4) is 0 Å². The zero-order valence-electron chi connectivity index (χ0n) is 17.6. The van der Waals surface area contributed by atoms with Crippen molar-refractivity contribution in [2.45, 2.75) is 63.8 Å². The second-order valence-electron chi connectivity index (χ2n) is 9.27. The van der Waals surface area contributed by atoms with E-state index in [1.807, 2.05) is 17.0 Å². The van der Waals surface area contributed by atoms with Crippen LogP contribution in [-0.4, -0.2) is 59.7 Å². The summed E-state index contributed by atoms with van der Waals surface area (Å²) in [5, 5.41) is 0. The molecule has 0 radical (unpaired) electrons. The highest BCUT2D eigenvalue weighted by molar-refractivity contribution is 6.24. The van der Waals surface area contributed by atoms with Crippen LogP contribution in [0.4, 0.5) is 5.69 Å². The molecule has 2 aliphatic carbocycles. The van der Waals surface area contributed by atoms with Crippen LogP contribution < -0.4 is 4.90 Å². The maximum atomic E-state index is 13.5. The summed E-state index contributed by atoms with van der Waals surface area (Å²) in [6, 6.07) is 5.68. The number of imide groups is 1. The Balaban J connectivity index is 1.35. The van der Waals surface area contributed by atoms with Crippen LogP contribution in [0.3, 0.4) is 0 Å². The van der Waals surface area contributed by atoms with Crippen LogP contribution in [0.5, 0.6) is 0 Å². The summed E-state index contributed by atoms with van der Waals surface area (Å²) in [6.45, 7) is 2.79. The topological polar surface area (TPSA) is 60.9 Å². The molecule has 5 rings (SSSR count). The number of anilines is 1. The van der Waals surface area contributed by atoms with E-state index in [9.17, 15) is 14.4 Å². The van der Waals surface area contributed by atoms with Gasteiger partial charge in [0.25, 0.3) is 11.8 Å². The van der Waals surface area contributed by atoms with E-state index in [0.29, 0.717) is 37.3 Å². The SMILES string of the molecule is O=C(C1CC1)N1CCN(c2cccc3c2C(=O)N(C2CCCCCCC2)C3=O)CC1. The van der Waals surface area contributed by atoms with Crippen LogP contribution in [0.15, 0.2) is 18.2 Å². The standard InChI is InChI=1S/C24H31N3O3/c28-22(17-11-12-17)26-15-13-25(14-16-26)20-10-6-9-19-21(20)24(30)27(23(19)29)18-7-4-2-1-3-5-8-18/h6,9-10,17-18H,1-5,7-8,11-16H2. The molecule has 0 atom stereocenters. The quantitative estimate of drug-likeness (QED) is 0.718. The van der Waals surface area contributed by atoms with Gasteiger partial charge in [-0.3, -0.25) is 19.3 Å². The Morgan fingerprint density at radius 3 is 2.13 bits per heavy atom. The van der Waals surface area contributed by atoms with E-state index in [4.69, 9.17) is 0 Å². The Kier molecular flexibility index (Phi) is 5.25. The molecule has 1 aromatic rings. The van der Waals surface area contributed by atoms with Crippen molar-refractivity contribution >= 4 is 23.4 Å². The van der Waals surface area contributed by atoms with Gasteiger partial charge in [-0.25, -0.2) is 0 Å². The molecule has 4 aliphatic rings. The number of carbonyl (C=O) groups excluding carboxylic acids is 3. The van der Waals surface area contributed by atoms with Crippen molar-refractivity contribution in [2.75, 3.05) is 31.1 Å². The lowest BCUT2D eigenvalue weighted by Crippen LogP contribution is -2.49. The molecule has 2 heterocycles. The van der Waals surface area contributed by atoms with Crippen molar-refractivity contribution in [3.63, 3.8) is 0 Å². The Morgan fingerprint density at radius 2 is 1.47 bits per heavy atom. The molecule has 6 nitrogen and oxygen atoms in total. The van der Waals surface area contributed by atoms with Gasteiger partial charge in [-0.2, -0.15) is 0 Å². The van der Waals surface area contributed by atoms with Crippen molar-refractivity contribution in [3.05, 3.63) is 29.3 Å². The largest absolute Gasteiger partial charge is 0.367 e. The highest BCUT2D eigenvalue weighted by Crippen LogP contribution is 2.36. The summed E-state index contributed by atoms with van der Waals surface area (Å²) < 4.78 is 0. The number of nitrogens with zero attached hydrogens (tertiary/aromatic N) is 3. The average molecular weight is 410 g/mol. The van der Waals surface area contributed by atoms with Gasteiger partial charge in [0.15, 0.2) is 0 Å². The van der Waals surface area contributed by atoms with Gasteiger partial charge in [0.1, 0.15) is 0 Å². The Hall–Kier alpha value is -2.37. The fourth-order valence-electron chi connectivity index (χ4n) is 5.33. The lowest BCUT2D eigenvalue weighted by Gasteiger charge is -2.37. The van der Waals surface area contributed by atoms with Gasteiger partial charge >= 0.3 is 0 Å². The number of carbonyl (C=O) groups is 3. The first-order valence-corrected chi connectivity index (χ1v) is 11.7. The van der Waals surface area contributed by atoms with Gasteiger partial charge in [-0.1, -0.05) is 38.2 Å². The first-order chi connectivity index (χ1) is 14.6. The third-order valence-corrected chi connectivity index (χ3v) is 7.22. The molecule has 30 heavy (non-hydrogen) atoms. The Morgan fingerprint density at radius 1 is 0.800 bits per heavy atom. The van der Waals surface area contributed by atoms with Crippen molar-refractivity contribution in [1.82, 2.24) is 9.80 Å². The normalized spacial score (nSPS) is 23.4. The molecule has 2 aliphatic heterocycles. The van der Waals surface area contributed by atoms with Crippen molar-refractivity contribution < 1.29 is 14.4 Å². The first-order valence-electron chi connectivity index (χ1n) is 11.7. The summed E-state index contributed by atoms with van der Waals surface area (Å²) in [5.74, 6) is 0.293. The fraction of sp³-hybridized carbons (Fsp3) is 0.625. The first kappa shape index (κ1) is 19.6. The molecule has 0 N–H and O–H groups in total. The second kappa shape index (κ2) is 8.05. The second-order valence-corrected chi connectivity index (χ2v) is 9.27. The number of amides is 3. The van der Waals surface area contributed by atoms with Gasteiger partial charge in [0, 0.05) is 38.1 Å². The minimum Gasteiger partial charge on any atom is -0.367 e. The van der Waals surface area contributed by atoms with Gasteiger partial charge in [0.05, 0.1) is 16.8 Å². The van der Waals surface area contributed by atoms with Crippen LogP contribution in [0.2, 0.25) is 0 Å². The van der Waals surface area contributed by atoms with Crippen LogP contribution in [0, 0.1) is 5.92 Å². The van der Waals surface area contributed by atoms with E-state index in [1.165, 1.54) is 19.3 Å². The van der Waals surface area contributed by atoms with Gasteiger partial charge in [-0.05, 0) is 37.8 Å². The highest BCUT2D eigenvalue weighted by atomic mass is 16.2. The molecule has 3 fully saturated rings. The number of hydrogen-bond acceptors (Lipinski definition) is 4. The van der Waals surface area contributed by atoms with Gasteiger partial charge in [-0.15, -0.1) is 0 Å². The number of benzene rings is 1. The lowest BCUT2D eigenvalue weighted by molar-refractivity contribution is -0.132. The van der Waals surface area contributed by atoms with E-state index < -0.39 is 0 Å².